The summed E-state index contributed by atoms with van der Waals surface area (Å²) in [5, 5.41) is 6.66. The van der Waals surface area contributed by atoms with Crippen LogP contribution in [-0.2, 0) is 14.3 Å². The first-order chi connectivity index (χ1) is 21.9. The molecule has 7 rings (SSSR count). The molecule has 3 saturated heterocycles. The van der Waals surface area contributed by atoms with Gasteiger partial charge in [-0.15, -0.1) is 0 Å². The summed E-state index contributed by atoms with van der Waals surface area (Å²) in [6.07, 6.45) is 11.8. The fourth-order valence-electron chi connectivity index (χ4n) is 10.1. The van der Waals surface area contributed by atoms with Gasteiger partial charge in [-0.25, -0.2) is 4.39 Å². The summed E-state index contributed by atoms with van der Waals surface area (Å²) in [6, 6.07) is -0.0325. The fourth-order valence-corrected chi connectivity index (χ4v) is 10.1. The Morgan fingerprint density at radius 2 is 1.76 bits per heavy atom. The molecule has 1 amide bonds. The molecule has 10 atom stereocenters. The third-order valence-electron chi connectivity index (χ3n) is 12.8. The summed E-state index contributed by atoms with van der Waals surface area (Å²) in [5.41, 5.74) is 0.229. The Morgan fingerprint density at radius 1 is 0.978 bits per heavy atom. The Hall–Kier alpha value is -1.59. The number of ketones is 1. The van der Waals surface area contributed by atoms with Crippen LogP contribution in [0.25, 0.3) is 0 Å². The first-order valence-corrected chi connectivity index (χ1v) is 18.3. The van der Waals surface area contributed by atoms with Crippen LogP contribution in [0.1, 0.15) is 70.6 Å². The number of Topliss-reactive ketones (excluding diaryl/α,β-unsaturated/α-hetero) is 1. The zero-order valence-electron chi connectivity index (χ0n) is 27.7. The van der Waals surface area contributed by atoms with Gasteiger partial charge in [0.1, 0.15) is 6.17 Å². The maximum absolute atomic E-state index is 16.2. The van der Waals surface area contributed by atoms with Gasteiger partial charge in [0.15, 0.2) is 5.78 Å². The summed E-state index contributed by atoms with van der Waals surface area (Å²) in [6.45, 7) is 7.78. The smallest absolute Gasteiger partial charge is 0.256 e. The van der Waals surface area contributed by atoms with Gasteiger partial charge in [0.05, 0.1) is 35.9 Å². The van der Waals surface area contributed by atoms with Crippen LogP contribution < -0.4 is 10.6 Å². The number of ether oxygens (including phenoxy) is 1. The van der Waals surface area contributed by atoms with E-state index in [1.54, 1.807) is 0 Å². The van der Waals surface area contributed by atoms with E-state index >= 15 is 4.39 Å². The monoisotopic (exact) mass is 628 g/mol. The lowest BCUT2D eigenvalue weighted by molar-refractivity contribution is -0.208. The van der Waals surface area contributed by atoms with Gasteiger partial charge < -0.3 is 35.0 Å². The maximum atomic E-state index is 16.2. The molecule has 252 valence electrons. The van der Waals surface area contributed by atoms with Crippen molar-refractivity contribution in [3.63, 3.8) is 0 Å². The molecule has 0 spiro atoms. The molecule has 4 heterocycles. The van der Waals surface area contributed by atoms with Gasteiger partial charge in [0, 0.05) is 50.9 Å². The van der Waals surface area contributed by atoms with E-state index in [-0.39, 0.29) is 41.9 Å². The first kappa shape index (κ1) is 32.0. The fraction of sp³-hybridized carbons (Fsp3) is 0.886. The van der Waals surface area contributed by atoms with Crippen LogP contribution in [0.15, 0.2) is 11.8 Å². The van der Waals surface area contributed by atoms with Crippen LogP contribution in [0.5, 0.6) is 0 Å². The van der Waals surface area contributed by atoms with Gasteiger partial charge in [0.2, 0.25) is 0 Å². The van der Waals surface area contributed by atoms with E-state index in [1.807, 2.05) is 6.20 Å². The van der Waals surface area contributed by atoms with Gasteiger partial charge in [0.25, 0.3) is 5.91 Å². The first-order valence-electron chi connectivity index (χ1n) is 18.3. The maximum Gasteiger partial charge on any atom is 0.256 e. The number of carbonyl (C=O) groups is 2. The van der Waals surface area contributed by atoms with Crippen LogP contribution in [0.3, 0.4) is 0 Å². The minimum atomic E-state index is -1.19. The van der Waals surface area contributed by atoms with E-state index in [2.05, 4.69) is 44.3 Å². The van der Waals surface area contributed by atoms with E-state index in [0.717, 1.165) is 77.9 Å². The van der Waals surface area contributed by atoms with Crippen LogP contribution in [0.2, 0.25) is 0 Å². The number of rotatable bonds is 9. The molecular formula is C35H57FN6O3. The highest BCUT2D eigenvalue weighted by Crippen LogP contribution is 2.50. The number of nitrogens with one attached hydrogen (secondary N) is 2. The molecule has 3 aliphatic carbocycles. The Labute approximate surface area is 269 Å². The lowest BCUT2D eigenvalue weighted by Gasteiger charge is -2.61. The second-order valence-electron chi connectivity index (χ2n) is 15.5. The molecule has 2 N–H and O–H groups in total. The number of alkyl halides is 1. The molecule has 0 aromatic heterocycles. The zero-order valence-corrected chi connectivity index (χ0v) is 27.7. The van der Waals surface area contributed by atoms with E-state index < -0.39 is 24.2 Å². The van der Waals surface area contributed by atoms with Gasteiger partial charge in [-0.05, 0) is 90.5 Å². The predicted molar refractivity (Wildman–Crippen MR) is 172 cm³/mol. The van der Waals surface area contributed by atoms with Crippen molar-refractivity contribution in [2.75, 3.05) is 66.5 Å². The number of nitrogens with zero attached hydrogens (tertiary/aromatic N) is 4. The Balaban J connectivity index is 1.07. The zero-order chi connectivity index (χ0) is 31.1. The largest absolute Gasteiger partial charge is 0.369 e. The number of carbonyl (C=O) groups excluding carboxylic acids is 2. The van der Waals surface area contributed by atoms with Crippen molar-refractivity contribution in [3.05, 3.63) is 11.8 Å². The molecule has 6 fully saturated rings. The predicted octanol–water partition coefficient (Wildman–Crippen LogP) is 2.41. The van der Waals surface area contributed by atoms with Crippen molar-refractivity contribution in [1.82, 2.24) is 30.2 Å². The number of hydrogen-bond donors (Lipinski definition) is 2. The molecule has 3 saturated carbocycles. The molecule has 45 heavy (non-hydrogen) atoms. The van der Waals surface area contributed by atoms with Gasteiger partial charge in [-0.1, -0.05) is 25.7 Å². The molecule has 10 unspecified atom stereocenters. The number of halogens is 1. The topological polar surface area (TPSA) is 80.4 Å². The number of hydrogen-bond acceptors (Lipinski definition) is 8. The lowest BCUT2D eigenvalue weighted by atomic mass is 9.65. The number of morpholine rings is 1. The molecule has 10 heteroatoms. The molecule has 0 bridgehead atoms. The van der Waals surface area contributed by atoms with Crippen LogP contribution in [0, 0.1) is 17.8 Å². The third kappa shape index (κ3) is 6.60. The van der Waals surface area contributed by atoms with Crippen molar-refractivity contribution in [2.24, 2.45) is 17.8 Å². The molecule has 0 radical (unpaired) electrons. The Morgan fingerprint density at radius 3 is 2.51 bits per heavy atom. The van der Waals surface area contributed by atoms with E-state index in [0.29, 0.717) is 24.4 Å². The summed E-state index contributed by atoms with van der Waals surface area (Å²) < 4.78 is 23.1. The highest BCUT2D eigenvalue weighted by atomic mass is 19.1. The summed E-state index contributed by atoms with van der Waals surface area (Å²) in [5.74, 6) is 0.307. The quantitative estimate of drug-likeness (QED) is 0.298. The van der Waals surface area contributed by atoms with Gasteiger partial charge in [-0.3, -0.25) is 9.59 Å². The minimum Gasteiger partial charge on any atom is -0.369 e. The van der Waals surface area contributed by atoms with E-state index in [9.17, 15) is 9.59 Å². The summed E-state index contributed by atoms with van der Waals surface area (Å²) >= 11 is 0. The second kappa shape index (κ2) is 13.9. The average Bonchev–Trinajstić information content (AvgIpc) is 3.45. The number of amides is 1. The van der Waals surface area contributed by atoms with Crippen molar-refractivity contribution >= 4 is 11.7 Å². The van der Waals surface area contributed by atoms with Crippen molar-refractivity contribution in [1.29, 1.82) is 0 Å². The van der Waals surface area contributed by atoms with Gasteiger partial charge in [-0.2, -0.15) is 0 Å². The van der Waals surface area contributed by atoms with Crippen molar-refractivity contribution < 1.29 is 18.7 Å². The SMILES string of the molecule is CN1CCN(CCCNC2C(F)CC3C(=O)C(C(=O)NCCC4CCCN4C)=CN4C5CC6CCCCC6CC5OC2C34)CC1. The van der Waals surface area contributed by atoms with Crippen LogP contribution >= 0.6 is 0 Å². The Kier molecular flexibility index (Phi) is 9.86. The molecule has 0 aromatic rings. The number of fused-ring (bicyclic) bond motifs is 3. The van der Waals surface area contributed by atoms with Crippen LogP contribution in [0.4, 0.5) is 4.39 Å². The summed E-state index contributed by atoms with van der Waals surface area (Å²) in [4.78, 5) is 37.1. The molecule has 4 aliphatic heterocycles. The molecule has 7 aliphatic rings. The standard InChI is InChI=1S/C35H57FN6O3/c1-39-15-17-41(18-16-39)14-6-11-37-31-28(36)21-26-32-34(31)45-30-20-24-8-4-3-7-23(24)19-29(30)42(32)22-27(33(26)43)35(44)38-12-10-25-9-5-13-40(25)2/h22-26,28-32,34,37H,3-21H2,1-2H3,(H,38,44). The van der Waals surface area contributed by atoms with Crippen LogP contribution in [-0.4, -0.2) is 140 Å². The molecule has 9 nitrogen and oxygen atoms in total. The molecule has 0 aromatic carbocycles. The second-order valence-corrected chi connectivity index (χ2v) is 15.5. The van der Waals surface area contributed by atoms with Crippen molar-refractivity contribution in [3.8, 4) is 0 Å². The molecular weight excluding hydrogens is 571 g/mol. The van der Waals surface area contributed by atoms with Gasteiger partial charge >= 0.3 is 0 Å². The Bertz CT molecular complexity index is 1100. The van der Waals surface area contributed by atoms with E-state index in [4.69, 9.17) is 4.74 Å². The number of likely N-dealkylation sites (tertiary alicyclic amines) is 1. The lowest BCUT2D eigenvalue weighted by Crippen LogP contribution is -2.73. The summed E-state index contributed by atoms with van der Waals surface area (Å²) in [7, 11) is 4.32. The highest BCUT2D eigenvalue weighted by Gasteiger charge is 2.59. The minimum absolute atomic E-state index is 0.0119. The number of likely N-dealkylation sites (N-methyl/N-ethyl adjacent to an activating group) is 1. The third-order valence-corrected chi connectivity index (χ3v) is 12.8. The average molecular weight is 629 g/mol. The normalized spacial score (nSPS) is 40.8. The van der Waals surface area contributed by atoms with E-state index in [1.165, 1.54) is 32.1 Å². The number of piperazine rings is 1. The highest BCUT2D eigenvalue weighted by molar-refractivity contribution is 6.20. The van der Waals surface area contributed by atoms with Crippen molar-refractivity contribution in [2.45, 2.75) is 113 Å².